The summed E-state index contributed by atoms with van der Waals surface area (Å²) >= 11 is 0. The van der Waals surface area contributed by atoms with Crippen molar-refractivity contribution in [2.75, 3.05) is 17.5 Å². The zero-order chi connectivity index (χ0) is 21.1. The van der Waals surface area contributed by atoms with Gasteiger partial charge in [-0.25, -0.2) is 12.7 Å². The number of nitro groups is 1. The quantitative estimate of drug-likeness (QED) is 0.308. The van der Waals surface area contributed by atoms with Crippen molar-refractivity contribution in [1.29, 1.82) is 0 Å². The summed E-state index contributed by atoms with van der Waals surface area (Å²) in [6.07, 6.45) is -0.0121. The Morgan fingerprint density at radius 2 is 1.67 bits per heavy atom. The zero-order valence-corrected chi connectivity index (χ0v) is 16.6. The second-order valence-corrected chi connectivity index (χ2v) is 8.38. The summed E-state index contributed by atoms with van der Waals surface area (Å²) in [6.45, 7) is 0.881. The van der Waals surface area contributed by atoms with Crippen LogP contribution in [0.2, 0.25) is 0 Å². The van der Waals surface area contributed by atoms with Gasteiger partial charge in [0.25, 0.3) is 15.7 Å². The Labute approximate surface area is 173 Å². The second kappa shape index (κ2) is 8.13. The maximum atomic E-state index is 13.5. The van der Waals surface area contributed by atoms with E-state index in [4.69, 9.17) is 9.47 Å². The smallest absolute Gasteiger partial charge is 0.294 e. The van der Waals surface area contributed by atoms with Crippen LogP contribution in [-0.2, 0) is 14.8 Å². The van der Waals surface area contributed by atoms with Gasteiger partial charge in [-0.1, -0.05) is 36.4 Å². The normalized spacial score (nSPS) is 15.4. The molecule has 0 spiro atoms. The van der Waals surface area contributed by atoms with Crippen LogP contribution >= 0.6 is 0 Å². The van der Waals surface area contributed by atoms with E-state index < -0.39 is 14.9 Å². The molecule has 4 rings (SSSR count). The Bertz CT molecular complexity index is 1150. The zero-order valence-electron chi connectivity index (χ0n) is 15.7. The Balaban J connectivity index is 1.88. The highest BCUT2D eigenvalue weighted by atomic mass is 32.2. The molecule has 1 aliphatic rings. The Morgan fingerprint density at radius 1 is 1.03 bits per heavy atom. The number of nitrogens with zero attached hydrogens (tertiary/aromatic N) is 2. The third kappa shape index (κ3) is 4.12. The molecule has 1 unspecified atom stereocenters. The highest BCUT2D eigenvalue weighted by Crippen LogP contribution is 2.40. The van der Waals surface area contributed by atoms with Crippen LogP contribution in [0.5, 0.6) is 5.75 Å². The summed E-state index contributed by atoms with van der Waals surface area (Å²) in [5.41, 5.74) is -0.190. The van der Waals surface area contributed by atoms with Gasteiger partial charge >= 0.3 is 0 Å². The van der Waals surface area contributed by atoms with Crippen LogP contribution in [0.1, 0.15) is 0 Å². The van der Waals surface area contributed by atoms with Gasteiger partial charge in [-0.05, 0) is 30.3 Å². The molecule has 8 nitrogen and oxygen atoms in total. The van der Waals surface area contributed by atoms with E-state index in [-0.39, 0.29) is 34.7 Å². The van der Waals surface area contributed by atoms with E-state index in [1.807, 2.05) is 0 Å². The van der Waals surface area contributed by atoms with Gasteiger partial charge in [0.05, 0.1) is 22.1 Å². The van der Waals surface area contributed by atoms with Gasteiger partial charge in [-0.15, -0.1) is 0 Å². The number of para-hydroxylation sites is 1. The molecule has 1 heterocycles. The predicted molar refractivity (Wildman–Crippen MR) is 111 cm³/mol. The van der Waals surface area contributed by atoms with Crippen molar-refractivity contribution in [3.63, 3.8) is 0 Å². The number of sulfonamides is 1. The van der Waals surface area contributed by atoms with Crippen molar-refractivity contribution in [3.05, 3.63) is 89.0 Å². The number of rotatable bonds is 8. The van der Waals surface area contributed by atoms with Gasteiger partial charge in [0, 0.05) is 12.1 Å². The fourth-order valence-electron chi connectivity index (χ4n) is 2.93. The first-order valence-corrected chi connectivity index (χ1v) is 10.6. The van der Waals surface area contributed by atoms with Gasteiger partial charge in [0.1, 0.15) is 24.1 Å². The predicted octanol–water partition coefficient (Wildman–Crippen LogP) is 3.90. The molecule has 0 amide bonds. The first-order chi connectivity index (χ1) is 14.5. The summed E-state index contributed by atoms with van der Waals surface area (Å²) in [4.78, 5) is 11.1. The number of benzene rings is 3. The molecular weight excluding hydrogens is 408 g/mol. The van der Waals surface area contributed by atoms with Crippen LogP contribution in [0, 0.1) is 10.1 Å². The SMILES string of the molecule is O=[N+]([O-])c1ccc(OCC2CO2)cc1N(c1ccccc1)S(=O)(=O)c1ccccc1. The van der Waals surface area contributed by atoms with Crippen molar-refractivity contribution in [3.8, 4) is 5.75 Å². The van der Waals surface area contributed by atoms with Gasteiger partial charge in [0.2, 0.25) is 0 Å². The van der Waals surface area contributed by atoms with Crippen LogP contribution in [0.4, 0.5) is 17.1 Å². The average Bonchev–Trinajstić information content (AvgIpc) is 3.58. The molecule has 30 heavy (non-hydrogen) atoms. The summed E-state index contributed by atoms with van der Waals surface area (Å²) < 4.78 is 38.8. The monoisotopic (exact) mass is 426 g/mol. The molecule has 1 saturated heterocycles. The average molecular weight is 426 g/mol. The molecule has 0 saturated carbocycles. The topological polar surface area (TPSA) is 102 Å². The fraction of sp³-hybridized carbons (Fsp3) is 0.143. The van der Waals surface area contributed by atoms with Crippen LogP contribution in [0.15, 0.2) is 83.8 Å². The van der Waals surface area contributed by atoms with Crippen molar-refractivity contribution in [1.82, 2.24) is 0 Å². The minimum absolute atomic E-state index is 0.0121. The lowest BCUT2D eigenvalue weighted by molar-refractivity contribution is -0.384. The van der Waals surface area contributed by atoms with E-state index in [1.54, 1.807) is 48.5 Å². The molecule has 0 radical (unpaired) electrons. The largest absolute Gasteiger partial charge is 0.491 e. The van der Waals surface area contributed by atoms with Crippen molar-refractivity contribution >= 4 is 27.1 Å². The first-order valence-electron chi connectivity index (χ1n) is 9.15. The first kappa shape index (κ1) is 19.9. The molecule has 0 aliphatic carbocycles. The van der Waals surface area contributed by atoms with Gasteiger partial charge in [-0.2, -0.15) is 0 Å². The van der Waals surface area contributed by atoms with Crippen LogP contribution in [-0.4, -0.2) is 32.7 Å². The van der Waals surface area contributed by atoms with Crippen molar-refractivity contribution in [2.45, 2.75) is 11.0 Å². The lowest BCUT2D eigenvalue weighted by Gasteiger charge is -2.24. The highest BCUT2D eigenvalue weighted by molar-refractivity contribution is 7.93. The number of epoxide rings is 1. The molecular formula is C21H18N2O6S. The van der Waals surface area contributed by atoms with Crippen LogP contribution < -0.4 is 9.04 Å². The van der Waals surface area contributed by atoms with E-state index in [0.717, 1.165) is 4.31 Å². The molecule has 3 aromatic carbocycles. The summed E-state index contributed by atoms with van der Waals surface area (Å²) in [7, 11) is -4.15. The Hall–Kier alpha value is -3.43. The Morgan fingerprint density at radius 3 is 2.27 bits per heavy atom. The number of hydrogen-bond acceptors (Lipinski definition) is 6. The van der Waals surface area contributed by atoms with E-state index in [9.17, 15) is 18.5 Å². The second-order valence-electron chi connectivity index (χ2n) is 6.59. The van der Waals surface area contributed by atoms with Crippen LogP contribution in [0.25, 0.3) is 0 Å². The molecule has 0 aromatic heterocycles. The molecule has 1 aliphatic heterocycles. The molecule has 0 N–H and O–H groups in total. The summed E-state index contributed by atoms with van der Waals surface area (Å²) in [5.74, 6) is 0.315. The molecule has 3 aromatic rings. The number of hydrogen-bond donors (Lipinski definition) is 0. The minimum atomic E-state index is -4.15. The molecule has 1 fully saturated rings. The summed E-state index contributed by atoms with van der Waals surface area (Å²) in [6, 6.07) is 20.1. The van der Waals surface area contributed by atoms with E-state index in [0.29, 0.717) is 12.4 Å². The highest BCUT2D eigenvalue weighted by Gasteiger charge is 2.32. The van der Waals surface area contributed by atoms with E-state index in [2.05, 4.69) is 0 Å². The van der Waals surface area contributed by atoms with Crippen molar-refractivity contribution < 1.29 is 22.8 Å². The van der Waals surface area contributed by atoms with E-state index in [1.165, 1.54) is 30.3 Å². The third-order valence-electron chi connectivity index (χ3n) is 4.47. The minimum Gasteiger partial charge on any atom is -0.491 e. The fourth-order valence-corrected chi connectivity index (χ4v) is 4.45. The van der Waals surface area contributed by atoms with Crippen molar-refractivity contribution in [2.24, 2.45) is 0 Å². The van der Waals surface area contributed by atoms with Gasteiger partial charge in [-0.3, -0.25) is 10.1 Å². The summed E-state index contributed by atoms with van der Waals surface area (Å²) in [5, 5.41) is 11.7. The standard InChI is InChI=1S/C21H18N2O6S/c24-23(25)20-12-11-17(28-14-18-15-29-18)13-21(20)22(16-7-3-1-4-8-16)30(26,27)19-9-5-2-6-10-19/h1-13,18H,14-15H2. The molecule has 154 valence electrons. The lowest BCUT2D eigenvalue weighted by atomic mass is 10.2. The molecule has 1 atom stereocenters. The van der Waals surface area contributed by atoms with E-state index >= 15 is 0 Å². The van der Waals surface area contributed by atoms with Gasteiger partial charge < -0.3 is 9.47 Å². The third-order valence-corrected chi connectivity index (χ3v) is 6.23. The molecule has 9 heteroatoms. The number of nitro benzene ring substituents is 1. The molecule has 0 bridgehead atoms. The number of anilines is 2. The Kier molecular flexibility index (Phi) is 5.39. The lowest BCUT2D eigenvalue weighted by Crippen LogP contribution is -2.27. The van der Waals surface area contributed by atoms with Crippen LogP contribution in [0.3, 0.4) is 0 Å². The maximum Gasteiger partial charge on any atom is 0.294 e. The van der Waals surface area contributed by atoms with Gasteiger partial charge in [0.15, 0.2) is 0 Å². The number of ether oxygens (including phenoxy) is 2. The maximum absolute atomic E-state index is 13.5.